The molecule has 8 heteroatoms. The van der Waals surface area contributed by atoms with Crippen LogP contribution >= 0.6 is 11.3 Å². The van der Waals surface area contributed by atoms with Crippen LogP contribution < -0.4 is 0 Å². The van der Waals surface area contributed by atoms with E-state index in [0.29, 0.717) is 19.3 Å². The number of halogens is 2. The molecular formula is C22H27F2NO4S. The van der Waals surface area contributed by atoms with Crippen LogP contribution in [0.5, 0.6) is 0 Å². The third-order valence-electron chi connectivity index (χ3n) is 4.97. The SMILES string of the molecule is CCC#CCC(C)[C@H](O)C=C[C@H]1CC(F)(F)C(=O)N1CCCc1ccc(C(=O)O)s1. The number of carbonyl (C=O) groups excluding carboxylic acids is 1. The molecule has 1 aromatic rings. The fourth-order valence-electron chi connectivity index (χ4n) is 3.22. The Morgan fingerprint density at radius 2 is 2.17 bits per heavy atom. The number of aliphatic hydroxyl groups excluding tert-OH is 1. The van der Waals surface area contributed by atoms with E-state index in [1.165, 1.54) is 18.2 Å². The van der Waals surface area contributed by atoms with E-state index in [1.54, 1.807) is 6.07 Å². The fraction of sp³-hybridized carbons (Fsp3) is 0.545. The van der Waals surface area contributed by atoms with Gasteiger partial charge in [0.25, 0.3) is 5.91 Å². The molecule has 30 heavy (non-hydrogen) atoms. The zero-order valence-corrected chi connectivity index (χ0v) is 17.9. The molecule has 0 radical (unpaired) electrons. The first-order valence-electron chi connectivity index (χ1n) is 9.98. The lowest BCUT2D eigenvalue weighted by Crippen LogP contribution is -2.36. The van der Waals surface area contributed by atoms with Crippen LogP contribution in [0.4, 0.5) is 8.78 Å². The predicted molar refractivity (Wildman–Crippen MR) is 112 cm³/mol. The highest BCUT2D eigenvalue weighted by Crippen LogP contribution is 2.34. The standard InChI is InChI=1S/C22H27F2NO4S/c1-3-4-5-7-15(2)18(26)11-9-16-14-22(23,24)21(29)25(16)13-6-8-17-10-12-19(30-17)20(27)28/h9-12,15-16,18,26H,3,6-8,13-14H2,1-2H3,(H,27,28)/t15?,16-,18+/m0/s1. The maximum atomic E-state index is 14.0. The van der Waals surface area contributed by atoms with E-state index < -0.39 is 36.4 Å². The molecule has 0 spiro atoms. The van der Waals surface area contributed by atoms with Gasteiger partial charge in [0.2, 0.25) is 0 Å². The van der Waals surface area contributed by atoms with Crippen molar-refractivity contribution >= 4 is 23.2 Å². The number of hydrogen-bond acceptors (Lipinski definition) is 4. The summed E-state index contributed by atoms with van der Waals surface area (Å²) in [5, 5.41) is 19.2. The number of likely N-dealkylation sites (tertiary alicyclic amines) is 1. The van der Waals surface area contributed by atoms with E-state index in [2.05, 4.69) is 11.8 Å². The number of rotatable bonds is 9. The average Bonchev–Trinajstić information content (AvgIpc) is 3.24. The second-order valence-electron chi connectivity index (χ2n) is 7.41. The molecule has 0 aliphatic carbocycles. The number of aromatic carboxylic acids is 1. The van der Waals surface area contributed by atoms with Crippen molar-refractivity contribution in [1.29, 1.82) is 0 Å². The zero-order valence-electron chi connectivity index (χ0n) is 17.1. The Balaban J connectivity index is 1.97. The maximum absolute atomic E-state index is 14.0. The Morgan fingerprint density at radius 1 is 1.43 bits per heavy atom. The van der Waals surface area contributed by atoms with Gasteiger partial charge in [-0.25, -0.2) is 4.79 Å². The Labute approximate surface area is 179 Å². The molecule has 164 valence electrons. The van der Waals surface area contributed by atoms with Crippen molar-refractivity contribution in [2.24, 2.45) is 5.92 Å². The Kier molecular flexibility index (Phi) is 8.56. The minimum atomic E-state index is -3.42. The molecule has 0 saturated carbocycles. The summed E-state index contributed by atoms with van der Waals surface area (Å²) in [7, 11) is 0. The second kappa shape index (κ2) is 10.7. The van der Waals surface area contributed by atoms with Crippen molar-refractivity contribution in [3.05, 3.63) is 34.0 Å². The predicted octanol–water partition coefficient (Wildman–Crippen LogP) is 3.97. The third-order valence-corrected chi connectivity index (χ3v) is 6.11. The Hall–Kier alpha value is -2.24. The fourth-order valence-corrected chi connectivity index (χ4v) is 4.11. The minimum absolute atomic E-state index is 0.136. The summed E-state index contributed by atoms with van der Waals surface area (Å²) in [5.41, 5.74) is 0. The average molecular weight is 440 g/mol. The van der Waals surface area contributed by atoms with Gasteiger partial charge in [0, 0.05) is 30.7 Å². The van der Waals surface area contributed by atoms with Gasteiger partial charge in [0.15, 0.2) is 0 Å². The smallest absolute Gasteiger partial charge is 0.345 e. The number of carbonyl (C=O) groups is 2. The van der Waals surface area contributed by atoms with Crippen LogP contribution in [0.1, 0.15) is 54.1 Å². The molecule has 1 unspecified atom stereocenters. The molecule has 0 aromatic carbocycles. The Morgan fingerprint density at radius 3 is 2.80 bits per heavy atom. The van der Waals surface area contributed by atoms with E-state index >= 15 is 0 Å². The topological polar surface area (TPSA) is 77.8 Å². The molecular weight excluding hydrogens is 412 g/mol. The number of hydrogen-bond donors (Lipinski definition) is 2. The van der Waals surface area contributed by atoms with Gasteiger partial charge < -0.3 is 15.1 Å². The highest BCUT2D eigenvalue weighted by molar-refractivity contribution is 7.13. The van der Waals surface area contributed by atoms with Crippen molar-refractivity contribution < 1.29 is 28.6 Å². The van der Waals surface area contributed by atoms with Crippen molar-refractivity contribution in [2.75, 3.05) is 6.54 Å². The van der Waals surface area contributed by atoms with Gasteiger partial charge in [0.1, 0.15) is 4.88 Å². The molecule has 1 amide bonds. The summed E-state index contributed by atoms with van der Waals surface area (Å²) in [4.78, 5) is 25.3. The summed E-state index contributed by atoms with van der Waals surface area (Å²) in [6.45, 7) is 3.90. The monoisotopic (exact) mass is 439 g/mol. The molecule has 1 saturated heterocycles. The molecule has 1 fully saturated rings. The van der Waals surface area contributed by atoms with Crippen molar-refractivity contribution in [2.45, 2.75) is 64.0 Å². The largest absolute Gasteiger partial charge is 0.477 e. The van der Waals surface area contributed by atoms with Crippen molar-refractivity contribution in [3.8, 4) is 11.8 Å². The van der Waals surface area contributed by atoms with Crippen LogP contribution in [0.25, 0.3) is 0 Å². The summed E-state index contributed by atoms with van der Waals surface area (Å²) in [5.74, 6) is 0.123. The first-order valence-corrected chi connectivity index (χ1v) is 10.8. The number of thiophene rings is 1. The van der Waals surface area contributed by atoms with E-state index in [9.17, 15) is 23.5 Å². The highest BCUT2D eigenvalue weighted by atomic mass is 32.1. The Bertz CT molecular complexity index is 840. The van der Waals surface area contributed by atoms with E-state index in [4.69, 9.17) is 5.11 Å². The van der Waals surface area contributed by atoms with Gasteiger partial charge in [-0.3, -0.25) is 4.79 Å². The number of aliphatic hydroxyl groups is 1. The first kappa shape index (κ1) is 24.0. The van der Waals surface area contributed by atoms with Gasteiger partial charge in [-0.15, -0.1) is 23.2 Å². The van der Waals surface area contributed by atoms with E-state index in [-0.39, 0.29) is 17.3 Å². The van der Waals surface area contributed by atoms with E-state index in [1.807, 2.05) is 13.8 Å². The van der Waals surface area contributed by atoms with Gasteiger partial charge in [-0.05, 0) is 30.9 Å². The van der Waals surface area contributed by atoms with Gasteiger partial charge in [-0.2, -0.15) is 8.78 Å². The van der Waals surface area contributed by atoms with Gasteiger partial charge >= 0.3 is 11.9 Å². The van der Waals surface area contributed by atoms with Gasteiger partial charge in [0.05, 0.1) is 12.1 Å². The van der Waals surface area contributed by atoms with Crippen LogP contribution in [0, 0.1) is 17.8 Å². The molecule has 5 nitrogen and oxygen atoms in total. The third kappa shape index (κ3) is 6.38. The van der Waals surface area contributed by atoms with E-state index in [0.717, 1.165) is 27.5 Å². The number of carboxylic acid groups (broad SMARTS) is 1. The molecule has 3 atom stereocenters. The van der Waals surface area contributed by atoms with Crippen LogP contribution in [0.15, 0.2) is 24.3 Å². The molecule has 2 heterocycles. The number of alkyl halides is 2. The zero-order chi connectivity index (χ0) is 22.3. The van der Waals surface area contributed by atoms with Crippen molar-refractivity contribution in [3.63, 3.8) is 0 Å². The molecule has 1 aliphatic rings. The van der Waals surface area contributed by atoms with Crippen LogP contribution in [-0.2, 0) is 11.2 Å². The molecule has 2 N–H and O–H groups in total. The normalized spacial score (nSPS) is 20.2. The number of aryl methyl sites for hydroxylation is 1. The summed E-state index contributed by atoms with van der Waals surface area (Å²) >= 11 is 1.14. The maximum Gasteiger partial charge on any atom is 0.345 e. The summed E-state index contributed by atoms with van der Waals surface area (Å²) in [6.07, 6.45) is 3.70. The highest BCUT2D eigenvalue weighted by Gasteiger charge is 2.52. The molecule has 2 rings (SSSR count). The first-order chi connectivity index (χ1) is 14.2. The molecule has 1 aromatic heterocycles. The summed E-state index contributed by atoms with van der Waals surface area (Å²) < 4.78 is 28.0. The lowest BCUT2D eigenvalue weighted by Gasteiger charge is -2.22. The number of carboxylic acids is 1. The lowest BCUT2D eigenvalue weighted by atomic mass is 9.99. The van der Waals surface area contributed by atoms with Crippen LogP contribution in [0.2, 0.25) is 0 Å². The van der Waals surface area contributed by atoms with Crippen LogP contribution in [-0.4, -0.2) is 51.6 Å². The number of nitrogens with zero attached hydrogens (tertiary/aromatic N) is 1. The lowest BCUT2D eigenvalue weighted by molar-refractivity contribution is -0.148. The summed E-state index contributed by atoms with van der Waals surface area (Å²) in [6, 6.07) is 2.43. The van der Waals surface area contributed by atoms with Crippen LogP contribution in [0.3, 0.4) is 0 Å². The second-order valence-corrected chi connectivity index (χ2v) is 8.58. The van der Waals surface area contributed by atoms with Crippen molar-refractivity contribution in [1.82, 2.24) is 4.90 Å². The quantitative estimate of drug-likeness (QED) is 0.451. The minimum Gasteiger partial charge on any atom is -0.477 e. The molecule has 0 bridgehead atoms. The van der Waals surface area contributed by atoms with Gasteiger partial charge in [-0.1, -0.05) is 26.0 Å². The number of amides is 1. The molecule has 1 aliphatic heterocycles.